The van der Waals surface area contributed by atoms with Gasteiger partial charge in [0, 0.05) is 23.9 Å². The zero-order chi connectivity index (χ0) is 31.6. The molecule has 0 aliphatic carbocycles. The summed E-state index contributed by atoms with van der Waals surface area (Å²) < 4.78 is 11.4. The van der Waals surface area contributed by atoms with Crippen molar-refractivity contribution < 1.29 is 69.9 Å². The summed E-state index contributed by atoms with van der Waals surface area (Å²) >= 11 is 3.28. The Morgan fingerprint density at radius 3 is 2.59 bits per heavy atom. The Hall–Kier alpha value is -3.17. The number of esters is 1. The number of rotatable bonds is 10. The van der Waals surface area contributed by atoms with Gasteiger partial charge in [0.25, 0.3) is 11.8 Å². The second-order valence-electron chi connectivity index (χ2n) is 10.00. The molecule has 0 saturated carbocycles. The predicted molar refractivity (Wildman–Crippen MR) is 155 cm³/mol. The number of nitrogens with one attached hydrogen (secondary N) is 1. The molecule has 2 atom stereocenters. The topological polar surface area (TPSA) is 242 Å². The van der Waals surface area contributed by atoms with Crippen LogP contribution in [0.3, 0.4) is 0 Å². The molecule has 232 valence electrons. The molecule has 2 amide bonds. The molecule has 2 aliphatic rings. The molecule has 2 aromatic heterocycles. The van der Waals surface area contributed by atoms with E-state index >= 15 is 0 Å². The Balaban J connectivity index is 0.00000353. The molecule has 5 N–H and O–H groups in total. The minimum Gasteiger partial charge on any atom is -1.00 e. The normalized spacial score (nSPS) is 18.1. The summed E-state index contributed by atoms with van der Waals surface area (Å²) in [6.07, 6.45) is 0. The number of carboxylic acid groups (broad SMARTS) is 1. The van der Waals surface area contributed by atoms with E-state index in [0.717, 1.165) is 28.0 Å². The quantitative estimate of drug-likeness (QED) is 0.0285. The number of carboxylic acids is 1. The number of aliphatic carboxylic acids is 1. The zero-order valence-electron chi connectivity index (χ0n) is 25.1. The number of nitrogen functional groups attached to an aromatic ring is 1. The van der Waals surface area contributed by atoms with Crippen molar-refractivity contribution in [1.82, 2.24) is 30.0 Å². The van der Waals surface area contributed by atoms with E-state index in [9.17, 15) is 34.3 Å². The van der Waals surface area contributed by atoms with E-state index in [-0.39, 0.29) is 70.0 Å². The third kappa shape index (κ3) is 7.54. The van der Waals surface area contributed by atoms with Gasteiger partial charge in [-0.25, -0.2) is 14.5 Å². The smallest absolute Gasteiger partial charge is 1.00 e. The van der Waals surface area contributed by atoms with Crippen LogP contribution in [0.5, 0.6) is 5.88 Å². The van der Waals surface area contributed by atoms with E-state index in [1.165, 1.54) is 28.9 Å². The van der Waals surface area contributed by atoms with Crippen molar-refractivity contribution in [2.75, 3.05) is 24.0 Å². The molecule has 21 heteroatoms. The Morgan fingerprint density at radius 1 is 1.30 bits per heavy atom. The molecule has 2 aromatic rings. The van der Waals surface area contributed by atoms with E-state index in [2.05, 4.69) is 25.5 Å². The van der Waals surface area contributed by atoms with Gasteiger partial charge in [-0.3, -0.25) is 24.1 Å². The summed E-state index contributed by atoms with van der Waals surface area (Å²) in [7, 11) is 1.50. The first-order chi connectivity index (χ1) is 20.2. The van der Waals surface area contributed by atoms with Crippen LogP contribution in [0.2, 0.25) is 0 Å². The maximum Gasteiger partial charge on any atom is 1.00 e. The van der Waals surface area contributed by atoms with E-state index in [0.29, 0.717) is 5.57 Å². The number of thiazole rings is 1. The van der Waals surface area contributed by atoms with Gasteiger partial charge in [-0.15, -0.1) is 28.2 Å². The summed E-state index contributed by atoms with van der Waals surface area (Å²) in [4.78, 5) is 71.1. The van der Waals surface area contributed by atoms with Crippen LogP contribution in [0, 0.1) is 5.41 Å². The van der Waals surface area contributed by atoms with Gasteiger partial charge < -0.3 is 32.3 Å². The minimum absolute atomic E-state index is 0. The number of β-lactam (4-membered cyclic amide) rings is 1. The molecule has 4 rings (SSSR count). The number of thioether (sulfide) groups is 2. The van der Waals surface area contributed by atoms with Gasteiger partial charge in [-0.1, -0.05) is 16.9 Å². The molecular weight excluding hydrogens is 651 g/mol. The van der Waals surface area contributed by atoms with Gasteiger partial charge in [0.15, 0.2) is 16.0 Å². The Bertz CT molecular complexity index is 1610. The molecule has 4 heterocycles. The molecule has 17 nitrogen and oxygen atoms in total. The number of carbonyl (C=O) groups is 4. The summed E-state index contributed by atoms with van der Waals surface area (Å²) in [6, 6.07) is -1.07. The van der Waals surface area contributed by atoms with Crippen molar-refractivity contribution in [2.24, 2.45) is 17.6 Å². The van der Waals surface area contributed by atoms with Gasteiger partial charge in [-0.2, -0.15) is 4.98 Å². The number of nitrogens with two attached hydrogens (primary N) is 1. The van der Waals surface area contributed by atoms with Crippen LogP contribution in [0.25, 0.3) is 0 Å². The van der Waals surface area contributed by atoms with Gasteiger partial charge in [0.05, 0.1) is 5.41 Å². The summed E-state index contributed by atoms with van der Waals surface area (Å²) in [5, 5.41) is 29.7. The SMILES string of the molecule is Cn1nc(OCOC(=O)C(C)(C)C)c(=O)nc1SCC1=C(C(=O)O)N2C(=O)[C@@H](NC(=O)/C(=N\O)c3csc(N)n3)[C@H]2SC1.[H-].[Na+]. The number of aryl methyl sites for hydroxylation is 1. The first kappa shape index (κ1) is 35.3. The maximum atomic E-state index is 13.0. The third-order valence-corrected chi connectivity index (χ3v) is 9.01. The number of anilines is 1. The first-order valence-corrected chi connectivity index (χ1v) is 15.2. The molecule has 1 fully saturated rings. The molecule has 44 heavy (non-hydrogen) atoms. The van der Waals surface area contributed by atoms with E-state index in [4.69, 9.17) is 15.2 Å². The van der Waals surface area contributed by atoms with Crippen LogP contribution in [0.4, 0.5) is 5.13 Å². The second-order valence-corrected chi connectivity index (χ2v) is 12.9. The predicted octanol–water partition coefficient (Wildman–Crippen LogP) is -3.03. The molecule has 0 aromatic carbocycles. The number of nitrogens with zero attached hydrogens (tertiary/aromatic N) is 6. The van der Waals surface area contributed by atoms with E-state index < -0.39 is 58.6 Å². The molecule has 0 bridgehead atoms. The molecule has 1 saturated heterocycles. The van der Waals surface area contributed by atoms with Crippen molar-refractivity contribution in [1.29, 1.82) is 0 Å². The van der Waals surface area contributed by atoms with Crippen molar-refractivity contribution >= 4 is 69.5 Å². The summed E-state index contributed by atoms with van der Waals surface area (Å²) in [5.41, 5.74) is 3.71. The number of carbonyl (C=O) groups excluding carboxylic acids is 3. The zero-order valence-corrected chi connectivity index (χ0v) is 28.5. The largest absolute Gasteiger partial charge is 1.00 e. The van der Waals surface area contributed by atoms with Gasteiger partial charge in [-0.05, 0) is 26.3 Å². The fourth-order valence-electron chi connectivity index (χ4n) is 3.77. The van der Waals surface area contributed by atoms with Crippen LogP contribution in [-0.4, -0.2) is 94.1 Å². The molecule has 0 spiro atoms. The number of hydrogen-bond acceptors (Lipinski definition) is 16. The monoisotopic (exact) mass is 678 g/mol. The Morgan fingerprint density at radius 2 is 2.00 bits per heavy atom. The van der Waals surface area contributed by atoms with E-state index in [1.807, 2.05) is 0 Å². The number of hydrogen-bond donors (Lipinski definition) is 4. The van der Waals surface area contributed by atoms with Gasteiger partial charge >= 0.3 is 52.9 Å². The molecule has 2 aliphatic heterocycles. The number of ether oxygens (including phenoxy) is 2. The average Bonchev–Trinajstić information content (AvgIpc) is 3.37. The first-order valence-electron chi connectivity index (χ1n) is 12.2. The molecule has 0 unspecified atom stereocenters. The molecule has 0 radical (unpaired) electrons. The summed E-state index contributed by atoms with van der Waals surface area (Å²) in [5.74, 6) is -3.56. The van der Waals surface area contributed by atoms with Gasteiger partial charge in [0.1, 0.15) is 22.8 Å². The number of oxime groups is 1. The second kappa shape index (κ2) is 14.3. The van der Waals surface area contributed by atoms with Crippen molar-refractivity contribution in [3.05, 3.63) is 32.7 Å². The average molecular weight is 679 g/mol. The van der Waals surface area contributed by atoms with Crippen LogP contribution in [0.1, 0.15) is 27.9 Å². The van der Waals surface area contributed by atoms with Crippen molar-refractivity contribution in [2.45, 2.75) is 37.3 Å². The van der Waals surface area contributed by atoms with Crippen LogP contribution >= 0.6 is 34.9 Å². The number of fused-ring (bicyclic) bond motifs is 1. The van der Waals surface area contributed by atoms with Crippen molar-refractivity contribution in [3.63, 3.8) is 0 Å². The van der Waals surface area contributed by atoms with Crippen LogP contribution in [-0.2, 0) is 31.0 Å². The van der Waals surface area contributed by atoms with Crippen LogP contribution < -0.4 is 50.9 Å². The third-order valence-electron chi connectivity index (χ3n) is 5.89. The minimum atomic E-state index is -1.34. The fraction of sp³-hybridized carbons (Fsp3) is 0.435. The number of amides is 2. The molecular formula is C23H27N8NaO9S3. The maximum absolute atomic E-state index is 13.0. The van der Waals surface area contributed by atoms with E-state index in [1.54, 1.807) is 20.8 Å². The van der Waals surface area contributed by atoms with Gasteiger partial charge in [0.2, 0.25) is 6.79 Å². The number of aromatic nitrogens is 4. The van der Waals surface area contributed by atoms with Crippen molar-refractivity contribution in [3.8, 4) is 5.88 Å². The van der Waals surface area contributed by atoms with Crippen LogP contribution in [0.15, 0.2) is 31.8 Å². The Kier molecular flexibility index (Phi) is 11.5. The summed E-state index contributed by atoms with van der Waals surface area (Å²) in [6.45, 7) is 4.46. The standard InChI is InChI=1S/C23H26N8O9S3.Na.H/c1-23(2,3)20(37)40-8-39-16-15(33)27-22(30(4)28-16)43-6-9-5-41-18-12(17(34)31(18)13(9)19(35)36)26-14(32)11(29-38)10-7-42-21(24)25-10;;/h7,12,18,38H,5-6,8H2,1-4H3,(H2,24,25)(H,26,32)(H,35,36);;/q;+1;-1/b29-11-;;/t12-,18-;;/m1../s1. The Labute approximate surface area is 285 Å². The fourth-order valence-corrected chi connectivity index (χ4v) is 6.71.